The van der Waals surface area contributed by atoms with E-state index in [1.165, 1.54) is 6.92 Å². The molecule has 0 radical (unpaired) electrons. The standard InChI is InChI=1S/C14H21NO3/c1-9(2)12(15-10(3)16)14(18)13(17)11-7-5-4-6-8-11/h4-9,12-14,17-18H,1-3H3,(H,15,16)/t12-,13+,14-/m0/s1. The van der Waals surface area contributed by atoms with Gasteiger partial charge in [0, 0.05) is 6.92 Å². The summed E-state index contributed by atoms with van der Waals surface area (Å²) in [5.41, 5.74) is 0.640. The quantitative estimate of drug-likeness (QED) is 0.737. The SMILES string of the molecule is CC(=O)N[C@@H](C(C)C)[C@H](O)[C@H](O)c1ccccc1. The largest absolute Gasteiger partial charge is 0.388 e. The average molecular weight is 251 g/mol. The van der Waals surface area contributed by atoms with Crippen molar-refractivity contribution < 1.29 is 15.0 Å². The van der Waals surface area contributed by atoms with E-state index in [9.17, 15) is 15.0 Å². The van der Waals surface area contributed by atoms with Gasteiger partial charge in [-0.05, 0) is 11.5 Å². The maximum absolute atomic E-state index is 11.1. The zero-order chi connectivity index (χ0) is 13.7. The first-order valence-corrected chi connectivity index (χ1v) is 6.11. The monoisotopic (exact) mass is 251 g/mol. The molecule has 4 heteroatoms. The summed E-state index contributed by atoms with van der Waals surface area (Å²) in [5, 5.41) is 23.0. The molecule has 0 spiro atoms. The number of benzene rings is 1. The molecule has 0 aliphatic carbocycles. The van der Waals surface area contributed by atoms with Crippen molar-refractivity contribution in [2.45, 2.75) is 39.0 Å². The highest BCUT2D eigenvalue weighted by Gasteiger charge is 2.30. The summed E-state index contributed by atoms with van der Waals surface area (Å²) in [5.74, 6) is -0.185. The summed E-state index contributed by atoms with van der Waals surface area (Å²) < 4.78 is 0. The highest BCUT2D eigenvalue weighted by Crippen LogP contribution is 2.21. The van der Waals surface area contributed by atoms with Gasteiger partial charge >= 0.3 is 0 Å². The third-order valence-corrected chi connectivity index (χ3v) is 2.92. The predicted octanol–water partition coefficient (Wildman–Crippen LogP) is 1.24. The van der Waals surface area contributed by atoms with Crippen molar-refractivity contribution in [2.24, 2.45) is 5.92 Å². The van der Waals surface area contributed by atoms with E-state index >= 15 is 0 Å². The minimum atomic E-state index is -1.03. The van der Waals surface area contributed by atoms with Gasteiger partial charge in [-0.1, -0.05) is 44.2 Å². The minimum Gasteiger partial charge on any atom is -0.388 e. The zero-order valence-electron chi connectivity index (χ0n) is 11.0. The number of hydrogen-bond acceptors (Lipinski definition) is 3. The average Bonchev–Trinajstić information content (AvgIpc) is 2.34. The van der Waals surface area contributed by atoms with Gasteiger partial charge in [0.15, 0.2) is 0 Å². The van der Waals surface area contributed by atoms with Crippen molar-refractivity contribution in [1.29, 1.82) is 0 Å². The molecule has 100 valence electrons. The molecule has 0 aromatic heterocycles. The van der Waals surface area contributed by atoms with E-state index in [4.69, 9.17) is 0 Å². The molecule has 1 aromatic carbocycles. The van der Waals surface area contributed by atoms with Gasteiger partial charge < -0.3 is 15.5 Å². The van der Waals surface area contributed by atoms with Crippen LogP contribution in [-0.4, -0.2) is 28.3 Å². The van der Waals surface area contributed by atoms with Crippen molar-refractivity contribution in [3.63, 3.8) is 0 Å². The van der Waals surface area contributed by atoms with Crippen LogP contribution in [0.15, 0.2) is 30.3 Å². The molecule has 0 bridgehead atoms. The Bertz CT molecular complexity index is 378. The number of aliphatic hydroxyl groups is 2. The molecule has 1 amide bonds. The van der Waals surface area contributed by atoms with Crippen LogP contribution >= 0.6 is 0 Å². The fraction of sp³-hybridized carbons (Fsp3) is 0.500. The summed E-state index contributed by atoms with van der Waals surface area (Å²) >= 11 is 0. The summed E-state index contributed by atoms with van der Waals surface area (Å²) in [6, 6.07) is 8.47. The Hall–Kier alpha value is -1.39. The zero-order valence-corrected chi connectivity index (χ0v) is 11.0. The first-order chi connectivity index (χ1) is 8.43. The molecule has 0 saturated carbocycles. The second-order valence-corrected chi connectivity index (χ2v) is 4.82. The number of rotatable bonds is 5. The van der Waals surface area contributed by atoms with Crippen molar-refractivity contribution in [3.05, 3.63) is 35.9 Å². The fourth-order valence-corrected chi connectivity index (χ4v) is 1.92. The first-order valence-electron chi connectivity index (χ1n) is 6.11. The predicted molar refractivity (Wildman–Crippen MR) is 69.9 cm³/mol. The number of hydrogen-bond donors (Lipinski definition) is 3. The maximum Gasteiger partial charge on any atom is 0.217 e. The van der Waals surface area contributed by atoms with E-state index in [1.54, 1.807) is 24.3 Å². The summed E-state index contributed by atoms with van der Waals surface area (Å²) in [6.45, 7) is 5.18. The number of amides is 1. The Morgan fingerprint density at radius 1 is 1.17 bits per heavy atom. The second-order valence-electron chi connectivity index (χ2n) is 4.82. The molecule has 0 heterocycles. The fourth-order valence-electron chi connectivity index (χ4n) is 1.92. The summed E-state index contributed by atoms with van der Waals surface area (Å²) in [7, 11) is 0. The Morgan fingerprint density at radius 3 is 2.17 bits per heavy atom. The molecular weight excluding hydrogens is 230 g/mol. The van der Waals surface area contributed by atoms with Crippen LogP contribution in [0.3, 0.4) is 0 Å². The molecule has 0 saturated heterocycles. The minimum absolute atomic E-state index is 0.0299. The second kappa shape index (κ2) is 6.52. The highest BCUT2D eigenvalue weighted by atomic mass is 16.3. The smallest absolute Gasteiger partial charge is 0.217 e. The van der Waals surface area contributed by atoms with Gasteiger partial charge in [0.2, 0.25) is 5.91 Å². The van der Waals surface area contributed by atoms with E-state index in [0.717, 1.165) is 0 Å². The number of aliphatic hydroxyl groups excluding tert-OH is 2. The van der Waals surface area contributed by atoms with Gasteiger partial charge in [-0.25, -0.2) is 0 Å². The molecular formula is C14H21NO3. The molecule has 18 heavy (non-hydrogen) atoms. The van der Waals surface area contributed by atoms with Crippen molar-refractivity contribution in [2.75, 3.05) is 0 Å². The van der Waals surface area contributed by atoms with Crippen molar-refractivity contribution >= 4 is 5.91 Å². The third kappa shape index (κ3) is 3.82. The van der Waals surface area contributed by atoms with Crippen LogP contribution in [0.5, 0.6) is 0 Å². The molecule has 3 atom stereocenters. The molecule has 1 rings (SSSR count). The Labute approximate surface area is 108 Å². The van der Waals surface area contributed by atoms with E-state index < -0.39 is 18.2 Å². The first kappa shape index (κ1) is 14.7. The molecule has 0 fully saturated rings. The highest BCUT2D eigenvalue weighted by molar-refractivity contribution is 5.73. The van der Waals surface area contributed by atoms with Crippen LogP contribution in [-0.2, 0) is 4.79 Å². The Kier molecular flexibility index (Phi) is 5.31. The lowest BCUT2D eigenvalue weighted by molar-refractivity contribution is -0.122. The molecule has 1 aromatic rings. The Morgan fingerprint density at radius 2 is 1.72 bits per heavy atom. The van der Waals surface area contributed by atoms with E-state index in [2.05, 4.69) is 5.32 Å². The lowest BCUT2D eigenvalue weighted by atomic mass is 9.91. The number of nitrogens with one attached hydrogen (secondary N) is 1. The molecule has 4 nitrogen and oxygen atoms in total. The van der Waals surface area contributed by atoms with Gasteiger partial charge in [0.05, 0.1) is 6.04 Å². The van der Waals surface area contributed by atoms with Crippen LogP contribution in [0.25, 0.3) is 0 Å². The molecule has 0 unspecified atom stereocenters. The van der Waals surface area contributed by atoms with Gasteiger partial charge in [0.25, 0.3) is 0 Å². The lowest BCUT2D eigenvalue weighted by Gasteiger charge is -2.30. The van der Waals surface area contributed by atoms with Crippen molar-refractivity contribution in [3.8, 4) is 0 Å². The van der Waals surface area contributed by atoms with E-state index in [1.807, 2.05) is 19.9 Å². The van der Waals surface area contributed by atoms with Crippen LogP contribution in [0.1, 0.15) is 32.4 Å². The van der Waals surface area contributed by atoms with Crippen LogP contribution in [0.2, 0.25) is 0 Å². The normalized spacial score (nSPS) is 16.1. The van der Waals surface area contributed by atoms with Gasteiger partial charge in [-0.2, -0.15) is 0 Å². The van der Waals surface area contributed by atoms with Gasteiger partial charge in [0.1, 0.15) is 12.2 Å². The van der Waals surface area contributed by atoms with Crippen LogP contribution in [0.4, 0.5) is 0 Å². The molecule has 0 aliphatic rings. The summed E-state index contributed by atoms with van der Waals surface area (Å²) in [4.78, 5) is 11.1. The number of carbonyl (C=O) groups is 1. The van der Waals surface area contributed by atoms with Crippen LogP contribution in [0, 0.1) is 5.92 Å². The van der Waals surface area contributed by atoms with Gasteiger partial charge in [-0.3, -0.25) is 4.79 Å². The number of carbonyl (C=O) groups excluding carboxylic acids is 1. The topological polar surface area (TPSA) is 69.6 Å². The van der Waals surface area contributed by atoms with E-state index in [0.29, 0.717) is 5.56 Å². The third-order valence-electron chi connectivity index (χ3n) is 2.92. The Balaban J connectivity index is 2.82. The lowest BCUT2D eigenvalue weighted by Crippen LogP contribution is -2.48. The van der Waals surface area contributed by atoms with E-state index in [-0.39, 0.29) is 11.8 Å². The summed E-state index contributed by atoms with van der Waals surface area (Å²) in [6.07, 6.45) is -2.04. The van der Waals surface area contributed by atoms with Gasteiger partial charge in [-0.15, -0.1) is 0 Å². The molecule has 3 N–H and O–H groups in total. The molecule has 0 aliphatic heterocycles. The van der Waals surface area contributed by atoms with Crippen molar-refractivity contribution in [1.82, 2.24) is 5.32 Å². The maximum atomic E-state index is 11.1. The van der Waals surface area contributed by atoms with Crippen LogP contribution < -0.4 is 5.32 Å².